The number of aromatic hydroxyl groups is 1. The summed E-state index contributed by atoms with van der Waals surface area (Å²) in [6.07, 6.45) is 1.72. The Morgan fingerprint density at radius 2 is 1.95 bits per heavy atom. The Balaban J connectivity index is 2.07. The quantitative estimate of drug-likeness (QED) is 0.745. The van der Waals surface area contributed by atoms with Gasteiger partial charge in [0.1, 0.15) is 17.5 Å². The first-order chi connectivity index (χ1) is 9.95. The molecule has 1 aromatic carbocycles. The van der Waals surface area contributed by atoms with Crippen molar-refractivity contribution in [2.75, 3.05) is 0 Å². The summed E-state index contributed by atoms with van der Waals surface area (Å²) in [5, 5.41) is 24.8. The summed E-state index contributed by atoms with van der Waals surface area (Å²) in [6, 6.07) is 6.60. The van der Waals surface area contributed by atoms with Crippen molar-refractivity contribution in [2.24, 2.45) is 7.05 Å². The number of hydrogen-bond donors (Lipinski definition) is 3. The molecule has 1 heterocycles. The first kappa shape index (κ1) is 14.6. The molecule has 0 aliphatic rings. The zero-order chi connectivity index (χ0) is 15.4. The third-order valence-electron chi connectivity index (χ3n) is 2.93. The van der Waals surface area contributed by atoms with Crippen LogP contribution < -0.4 is 5.32 Å². The third kappa shape index (κ3) is 3.82. The lowest BCUT2D eigenvalue weighted by molar-refractivity contribution is -0.139. The number of hydrogen-bond acceptors (Lipinski definition) is 4. The maximum absolute atomic E-state index is 11.9. The van der Waals surface area contributed by atoms with E-state index in [-0.39, 0.29) is 17.9 Å². The molecule has 0 spiro atoms. The van der Waals surface area contributed by atoms with Crippen molar-refractivity contribution >= 4 is 11.9 Å². The molecule has 3 N–H and O–H groups in total. The van der Waals surface area contributed by atoms with Crippen molar-refractivity contribution in [1.82, 2.24) is 15.1 Å². The van der Waals surface area contributed by atoms with Gasteiger partial charge in [-0.3, -0.25) is 9.48 Å². The van der Waals surface area contributed by atoms with E-state index >= 15 is 0 Å². The molecule has 0 aliphatic heterocycles. The Kier molecular flexibility index (Phi) is 4.22. The molecule has 21 heavy (non-hydrogen) atoms. The first-order valence-electron chi connectivity index (χ1n) is 6.27. The Morgan fingerprint density at radius 3 is 2.48 bits per heavy atom. The Labute approximate surface area is 120 Å². The van der Waals surface area contributed by atoms with Crippen LogP contribution >= 0.6 is 0 Å². The number of phenols is 1. The molecule has 1 atom stereocenters. The fourth-order valence-corrected chi connectivity index (χ4v) is 1.84. The summed E-state index contributed by atoms with van der Waals surface area (Å²) in [5.74, 6) is -1.57. The second-order valence-corrected chi connectivity index (χ2v) is 4.61. The van der Waals surface area contributed by atoms with Gasteiger partial charge in [-0.25, -0.2) is 4.79 Å². The van der Waals surface area contributed by atoms with Crippen molar-refractivity contribution < 1.29 is 19.8 Å². The zero-order valence-electron chi connectivity index (χ0n) is 11.4. The number of aromatic nitrogens is 2. The average molecular weight is 289 g/mol. The minimum Gasteiger partial charge on any atom is -0.508 e. The number of benzene rings is 1. The molecule has 2 aromatic rings. The molecule has 110 valence electrons. The smallest absolute Gasteiger partial charge is 0.326 e. The molecule has 2 rings (SSSR count). The van der Waals surface area contributed by atoms with Gasteiger partial charge in [-0.05, 0) is 23.8 Å². The summed E-state index contributed by atoms with van der Waals surface area (Å²) in [5.41, 5.74) is 0.857. The summed E-state index contributed by atoms with van der Waals surface area (Å²) in [7, 11) is 1.67. The van der Waals surface area contributed by atoms with Crippen LogP contribution in [0.4, 0.5) is 0 Å². The summed E-state index contributed by atoms with van der Waals surface area (Å²) >= 11 is 0. The number of aryl methyl sites for hydroxylation is 1. The highest BCUT2D eigenvalue weighted by molar-refractivity contribution is 5.94. The van der Waals surface area contributed by atoms with Crippen LogP contribution in [-0.4, -0.2) is 37.9 Å². The third-order valence-corrected chi connectivity index (χ3v) is 2.93. The Morgan fingerprint density at radius 1 is 1.29 bits per heavy atom. The van der Waals surface area contributed by atoms with E-state index in [9.17, 15) is 19.8 Å². The van der Waals surface area contributed by atoms with Gasteiger partial charge in [0.25, 0.3) is 5.91 Å². The van der Waals surface area contributed by atoms with E-state index in [1.165, 1.54) is 22.9 Å². The lowest BCUT2D eigenvalue weighted by Gasteiger charge is -2.13. The van der Waals surface area contributed by atoms with Crippen LogP contribution in [-0.2, 0) is 18.3 Å². The Hall–Kier alpha value is -2.83. The van der Waals surface area contributed by atoms with E-state index in [4.69, 9.17) is 0 Å². The molecule has 0 unspecified atom stereocenters. The lowest BCUT2D eigenvalue weighted by atomic mass is 10.1. The van der Waals surface area contributed by atoms with Gasteiger partial charge in [0.15, 0.2) is 0 Å². The standard InChI is InChI=1S/C14H15N3O4/c1-17-7-6-11(16-17)13(19)15-12(14(20)21)8-9-2-4-10(18)5-3-9/h2-7,12,18H,8H2,1H3,(H,15,19)(H,20,21)/t12-/m0/s1. The van der Waals surface area contributed by atoms with Crippen LogP contribution in [0.5, 0.6) is 5.75 Å². The van der Waals surface area contributed by atoms with E-state index in [2.05, 4.69) is 10.4 Å². The number of carboxylic acids is 1. The van der Waals surface area contributed by atoms with E-state index in [1.54, 1.807) is 25.4 Å². The minimum atomic E-state index is -1.13. The molecule has 0 aliphatic carbocycles. The summed E-state index contributed by atoms with van der Waals surface area (Å²) in [6.45, 7) is 0. The molecule has 7 nitrogen and oxygen atoms in total. The van der Waals surface area contributed by atoms with Gasteiger partial charge in [0.2, 0.25) is 0 Å². The number of aliphatic carboxylic acids is 1. The van der Waals surface area contributed by atoms with Crippen molar-refractivity contribution in [3.8, 4) is 5.75 Å². The van der Waals surface area contributed by atoms with Crippen molar-refractivity contribution in [1.29, 1.82) is 0 Å². The van der Waals surface area contributed by atoms with Crippen LogP contribution in [0.1, 0.15) is 16.1 Å². The second kappa shape index (κ2) is 6.08. The number of rotatable bonds is 5. The number of nitrogens with zero attached hydrogens (tertiary/aromatic N) is 2. The van der Waals surface area contributed by atoms with Crippen LogP contribution in [0.25, 0.3) is 0 Å². The maximum Gasteiger partial charge on any atom is 0.326 e. The van der Waals surface area contributed by atoms with Gasteiger partial charge in [-0.15, -0.1) is 0 Å². The number of carboxylic acid groups (broad SMARTS) is 1. The first-order valence-corrected chi connectivity index (χ1v) is 6.27. The lowest BCUT2D eigenvalue weighted by Crippen LogP contribution is -2.42. The van der Waals surface area contributed by atoms with Crippen LogP contribution in [0.15, 0.2) is 36.5 Å². The second-order valence-electron chi connectivity index (χ2n) is 4.61. The van der Waals surface area contributed by atoms with Crippen molar-refractivity contribution in [3.05, 3.63) is 47.8 Å². The van der Waals surface area contributed by atoms with E-state index in [1.807, 2.05) is 0 Å². The normalized spacial score (nSPS) is 11.9. The number of phenolic OH excluding ortho intramolecular Hbond substituents is 1. The van der Waals surface area contributed by atoms with Gasteiger partial charge in [0, 0.05) is 19.7 Å². The van der Waals surface area contributed by atoms with E-state index in [0.717, 1.165) is 0 Å². The van der Waals surface area contributed by atoms with Gasteiger partial charge < -0.3 is 15.5 Å². The predicted molar refractivity (Wildman–Crippen MR) is 73.9 cm³/mol. The van der Waals surface area contributed by atoms with Gasteiger partial charge in [-0.2, -0.15) is 5.10 Å². The monoisotopic (exact) mass is 289 g/mol. The number of carbonyl (C=O) groups excluding carboxylic acids is 1. The highest BCUT2D eigenvalue weighted by Crippen LogP contribution is 2.11. The topological polar surface area (TPSA) is 104 Å². The van der Waals surface area contributed by atoms with Gasteiger partial charge in [-0.1, -0.05) is 12.1 Å². The molecule has 0 saturated heterocycles. The molecule has 1 amide bonds. The van der Waals surface area contributed by atoms with Crippen LogP contribution in [0, 0.1) is 0 Å². The van der Waals surface area contributed by atoms with Gasteiger partial charge in [0.05, 0.1) is 0 Å². The SMILES string of the molecule is Cn1ccc(C(=O)N[C@@H](Cc2ccc(O)cc2)C(=O)O)n1. The van der Waals surface area contributed by atoms with Crippen LogP contribution in [0.3, 0.4) is 0 Å². The fourth-order valence-electron chi connectivity index (χ4n) is 1.84. The molecule has 0 radical (unpaired) electrons. The predicted octanol–water partition coefficient (Wildman–Crippen LogP) is 0.551. The molecular formula is C14H15N3O4. The highest BCUT2D eigenvalue weighted by Gasteiger charge is 2.22. The average Bonchev–Trinajstić information content (AvgIpc) is 2.87. The van der Waals surface area contributed by atoms with Gasteiger partial charge >= 0.3 is 5.97 Å². The fraction of sp³-hybridized carbons (Fsp3) is 0.214. The van der Waals surface area contributed by atoms with E-state index in [0.29, 0.717) is 5.56 Å². The maximum atomic E-state index is 11.9. The van der Waals surface area contributed by atoms with Crippen LogP contribution in [0.2, 0.25) is 0 Å². The molecule has 7 heteroatoms. The highest BCUT2D eigenvalue weighted by atomic mass is 16.4. The minimum absolute atomic E-state index is 0.100. The number of carbonyl (C=O) groups is 2. The zero-order valence-corrected chi connectivity index (χ0v) is 11.4. The molecule has 0 fully saturated rings. The molecular weight excluding hydrogens is 274 g/mol. The molecule has 0 bridgehead atoms. The molecule has 1 aromatic heterocycles. The summed E-state index contributed by atoms with van der Waals surface area (Å²) < 4.78 is 1.46. The van der Waals surface area contributed by atoms with Crippen molar-refractivity contribution in [3.63, 3.8) is 0 Å². The Bertz CT molecular complexity index is 648. The van der Waals surface area contributed by atoms with E-state index < -0.39 is 17.9 Å². The largest absolute Gasteiger partial charge is 0.508 e. The number of nitrogens with one attached hydrogen (secondary N) is 1. The molecule has 0 saturated carbocycles. The van der Waals surface area contributed by atoms with Crippen molar-refractivity contribution in [2.45, 2.75) is 12.5 Å². The number of amides is 1. The summed E-state index contributed by atoms with van der Waals surface area (Å²) in [4.78, 5) is 23.2.